The van der Waals surface area contributed by atoms with Crippen LogP contribution < -0.4 is 10.5 Å². The molecule has 0 radical (unpaired) electrons. The number of carbonyl (C=O) groups excluding carboxylic acids is 1. The van der Waals surface area contributed by atoms with Crippen LogP contribution in [0.3, 0.4) is 0 Å². The third-order valence-electron chi connectivity index (χ3n) is 3.46. The zero-order valence-electron chi connectivity index (χ0n) is 12.9. The first-order valence-corrected chi connectivity index (χ1v) is 7.09. The van der Waals surface area contributed by atoms with E-state index < -0.39 is 0 Å². The minimum atomic E-state index is -0.0264. The summed E-state index contributed by atoms with van der Waals surface area (Å²) in [5.74, 6) is 1.13. The van der Waals surface area contributed by atoms with Crippen LogP contribution in [-0.2, 0) is 4.79 Å². The zero-order chi connectivity index (χ0) is 15.1. The van der Waals surface area contributed by atoms with Gasteiger partial charge in [-0.2, -0.15) is 0 Å². The van der Waals surface area contributed by atoms with Crippen molar-refractivity contribution in [2.75, 3.05) is 20.2 Å². The van der Waals surface area contributed by atoms with E-state index in [2.05, 4.69) is 13.8 Å². The van der Waals surface area contributed by atoms with Crippen LogP contribution in [0.5, 0.6) is 5.75 Å². The number of aryl methyl sites for hydroxylation is 1. The van der Waals surface area contributed by atoms with Gasteiger partial charge in [0.2, 0.25) is 0 Å². The first-order valence-electron chi connectivity index (χ1n) is 7.09. The van der Waals surface area contributed by atoms with E-state index in [1.165, 1.54) is 5.56 Å². The maximum absolute atomic E-state index is 11.9. The van der Waals surface area contributed by atoms with E-state index in [0.717, 1.165) is 12.2 Å². The molecule has 112 valence electrons. The summed E-state index contributed by atoms with van der Waals surface area (Å²) < 4.78 is 5.48. The quantitative estimate of drug-likeness (QED) is 0.832. The van der Waals surface area contributed by atoms with Crippen LogP contribution in [0.2, 0.25) is 0 Å². The van der Waals surface area contributed by atoms with Crippen LogP contribution >= 0.6 is 0 Å². The lowest BCUT2D eigenvalue weighted by molar-refractivity contribution is -0.132. The fourth-order valence-electron chi connectivity index (χ4n) is 1.69. The predicted octanol–water partition coefficient (Wildman–Crippen LogP) is 2.21. The van der Waals surface area contributed by atoms with Crippen LogP contribution in [0.4, 0.5) is 0 Å². The molecule has 1 amide bonds. The molecular weight excluding hydrogens is 252 g/mol. The summed E-state index contributed by atoms with van der Waals surface area (Å²) in [4.78, 5) is 13.6. The van der Waals surface area contributed by atoms with Crippen LogP contribution in [-0.4, -0.2) is 37.0 Å². The number of hydrogen-bond donors (Lipinski definition) is 1. The Labute approximate surface area is 121 Å². The van der Waals surface area contributed by atoms with E-state index in [1.807, 2.05) is 31.2 Å². The highest BCUT2D eigenvalue weighted by atomic mass is 16.5. The van der Waals surface area contributed by atoms with Gasteiger partial charge in [0.1, 0.15) is 5.75 Å². The standard InChI is InChI=1S/C16H26N2O2/c1-12(2)15(17)9-10-18(4)16(19)11-20-14-7-5-13(3)6-8-14/h5-8,12,15H,9-11,17H2,1-4H3. The smallest absolute Gasteiger partial charge is 0.260 e. The van der Waals surface area contributed by atoms with Crippen molar-refractivity contribution in [3.63, 3.8) is 0 Å². The van der Waals surface area contributed by atoms with Gasteiger partial charge in [0.25, 0.3) is 5.91 Å². The Balaban J connectivity index is 2.33. The number of nitrogens with two attached hydrogens (primary N) is 1. The molecule has 0 bridgehead atoms. The summed E-state index contributed by atoms with van der Waals surface area (Å²) in [6.45, 7) is 6.92. The second-order valence-corrected chi connectivity index (χ2v) is 5.61. The lowest BCUT2D eigenvalue weighted by Crippen LogP contribution is -2.36. The lowest BCUT2D eigenvalue weighted by Gasteiger charge is -2.21. The molecule has 1 atom stereocenters. The molecule has 1 unspecified atom stereocenters. The first-order chi connectivity index (χ1) is 9.40. The van der Waals surface area contributed by atoms with Crippen molar-refractivity contribution in [3.8, 4) is 5.75 Å². The molecule has 0 spiro atoms. The van der Waals surface area contributed by atoms with Gasteiger partial charge >= 0.3 is 0 Å². The van der Waals surface area contributed by atoms with Crippen molar-refractivity contribution in [1.29, 1.82) is 0 Å². The van der Waals surface area contributed by atoms with E-state index in [0.29, 0.717) is 12.5 Å². The molecule has 4 heteroatoms. The molecule has 20 heavy (non-hydrogen) atoms. The molecule has 4 nitrogen and oxygen atoms in total. The molecule has 1 aromatic rings. The summed E-state index contributed by atoms with van der Waals surface area (Å²) in [7, 11) is 1.79. The lowest BCUT2D eigenvalue weighted by atomic mass is 10.0. The average Bonchev–Trinajstić information content (AvgIpc) is 2.43. The second-order valence-electron chi connectivity index (χ2n) is 5.61. The number of rotatable bonds is 7. The SMILES string of the molecule is Cc1ccc(OCC(=O)N(C)CCC(N)C(C)C)cc1. The minimum absolute atomic E-state index is 0.0264. The summed E-state index contributed by atoms with van der Waals surface area (Å²) in [6, 6.07) is 7.80. The summed E-state index contributed by atoms with van der Waals surface area (Å²) in [5.41, 5.74) is 7.14. The summed E-state index contributed by atoms with van der Waals surface area (Å²) in [5, 5.41) is 0. The van der Waals surface area contributed by atoms with Crippen molar-refractivity contribution >= 4 is 5.91 Å². The number of hydrogen-bond acceptors (Lipinski definition) is 3. The van der Waals surface area contributed by atoms with Gasteiger partial charge in [0, 0.05) is 19.6 Å². The van der Waals surface area contributed by atoms with Crippen LogP contribution in [0.25, 0.3) is 0 Å². The van der Waals surface area contributed by atoms with Gasteiger partial charge < -0.3 is 15.4 Å². The zero-order valence-corrected chi connectivity index (χ0v) is 12.9. The largest absolute Gasteiger partial charge is 0.484 e. The van der Waals surface area contributed by atoms with Crippen LogP contribution in [0, 0.1) is 12.8 Å². The highest BCUT2D eigenvalue weighted by Crippen LogP contribution is 2.11. The average molecular weight is 278 g/mol. The van der Waals surface area contributed by atoms with E-state index >= 15 is 0 Å². The minimum Gasteiger partial charge on any atom is -0.484 e. The van der Waals surface area contributed by atoms with Crippen molar-refractivity contribution in [2.45, 2.75) is 33.2 Å². The molecule has 0 aromatic heterocycles. The Morgan fingerprint density at radius 2 is 1.90 bits per heavy atom. The summed E-state index contributed by atoms with van der Waals surface area (Å²) in [6.07, 6.45) is 0.810. The van der Waals surface area contributed by atoms with E-state index in [4.69, 9.17) is 10.5 Å². The molecule has 0 saturated heterocycles. The Kier molecular flexibility index (Phi) is 6.52. The molecule has 0 aliphatic heterocycles. The number of likely N-dealkylation sites (N-methyl/N-ethyl adjacent to an activating group) is 1. The van der Waals surface area contributed by atoms with Gasteiger partial charge in [-0.05, 0) is 31.4 Å². The molecule has 0 heterocycles. The number of ether oxygens (including phenoxy) is 1. The van der Waals surface area contributed by atoms with Crippen molar-refractivity contribution in [2.24, 2.45) is 11.7 Å². The molecule has 2 N–H and O–H groups in total. The first kappa shape index (κ1) is 16.5. The van der Waals surface area contributed by atoms with Crippen LogP contribution in [0.15, 0.2) is 24.3 Å². The number of benzene rings is 1. The van der Waals surface area contributed by atoms with E-state index in [1.54, 1.807) is 11.9 Å². The van der Waals surface area contributed by atoms with E-state index in [9.17, 15) is 4.79 Å². The molecule has 0 aliphatic rings. The third kappa shape index (κ3) is 5.61. The van der Waals surface area contributed by atoms with Crippen LogP contribution in [0.1, 0.15) is 25.8 Å². The second kappa shape index (κ2) is 7.90. The Morgan fingerprint density at radius 3 is 2.45 bits per heavy atom. The van der Waals surface area contributed by atoms with Gasteiger partial charge in [-0.3, -0.25) is 4.79 Å². The van der Waals surface area contributed by atoms with E-state index in [-0.39, 0.29) is 18.6 Å². The Morgan fingerprint density at radius 1 is 1.30 bits per heavy atom. The topological polar surface area (TPSA) is 55.6 Å². The Bertz CT molecular complexity index is 415. The Hall–Kier alpha value is -1.55. The fourth-order valence-corrected chi connectivity index (χ4v) is 1.69. The van der Waals surface area contributed by atoms with Crippen molar-refractivity contribution in [1.82, 2.24) is 4.90 Å². The van der Waals surface area contributed by atoms with Gasteiger partial charge in [-0.15, -0.1) is 0 Å². The number of carbonyl (C=O) groups is 1. The maximum atomic E-state index is 11.9. The highest BCUT2D eigenvalue weighted by molar-refractivity contribution is 5.77. The third-order valence-corrected chi connectivity index (χ3v) is 3.46. The number of amides is 1. The monoisotopic (exact) mass is 278 g/mol. The molecule has 0 aliphatic carbocycles. The number of nitrogens with zero attached hydrogens (tertiary/aromatic N) is 1. The van der Waals surface area contributed by atoms with Crippen molar-refractivity contribution in [3.05, 3.63) is 29.8 Å². The highest BCUT2D eigenvalue weighted by Gasteiger charge is 2.13. The molecular formula is C16H26N2O2. The van der Waals surface area contributed by atoms with Gasteiger partial charge in [0.15, 0.2) is 6.61 Å². The van der Waals surface area contributed by atoms with Crippen molar-refractivity contribution < 1.29 is 9.53 Å². The molecule has 0 saturated carbocycles. The maximum Gasteiger partial charge on any atom is 0.260 e. The van der Waals surface area contributed by atoms with Gasteiger partial charge in [0.05, 0.1) is 0 Å². The predicted molar refractivity (Wildman–Crippen MR) is 81.7 cm³/mol. The fraction of sp³-hybridized carbons (Fsp3) is 0.562. The molecule has 0 fully saturated rings. The van der Waals surface area contributed by atoms with Gasteiger partial charge in [-0.25, -0.2) is 0 Å². The molecule has 1 rings (SSSR count). The van der Waals surface area contributed by atoms with Gasteiger partial charge in [-0.1, -0.05) is 31.5 Å². The molecule has 1 aromatic carbocycles. The summed E-state index contributed by atoms with van der Waals surface area (Å²) >= 11 is 0. The normalized spacial score (nSPS) is 12.3.